The van der Waals surface area contributed by atoms with Gasteiger partial charge in [0.2, 0.25) is 0 Å². The maximum atomic E-state index is 11.2. The number of carboxylic acid groups (broad SMARTS) is 1. The van der Waals surface area contributed by atoms with Crippen molar-refractivity contribution >= 4 is 5.97 Å². The maximum Gasteiger partial charge on any atom is 0.335 e. The third-order valence-electron chi connectivity index (χ3n) is 2.55. The highest BCUT2D eigenvalue weighted by Crippen LogP contribution is 2.35. The molecule has 1 rings (SSSR count). The van der Waals surface area contributed by atoms with Crippen LogP contribution in [0.4, 0.5) is 0 Å². The number of carboxylic acids is 1. The van der Waals surface area contributed by atoms with Crippen molar-refractivity contribution in [3.05, 3.63) is 0 Å². The van der Waals surface area contributed by atoms with Gasteiger partial charge in [-0.1, -0.05) is 6.42 Å². The summed E-state index contributed by atoms with van der Waals surface area (Å²) in [6, 6.07) is 0. The van der Waals surface area contributed by atoms with Gasteiger partial charge in [-0.15, -0.1) is 0 Å². The second-order valence-electron chi connectivity index (χ2n) is 5.07. The highest BCUT2D eigenvalue weighted by molar-refractivity contribution is 5.77. The van der Waals surface area contributed by atoms with Gasteiger partial charge in [-0.2, -0.15) is 0 Å². The Balaban J connectivity index is 2.76. The molecule has 0 amide bonds. The zero-order valence-corrected chi connectivity index (χ0v) is 9.30. The minimum atomic E-state index is -0.920. The third kappa shape index (κ3) is 2.71. The second-order valence-corrected chi connectivity index (χ2v) is 5.07. The first-order valence-electron chi connectivity index (χ1n) is 5.29. The van der Waals surface area contributed by atoms with Crippen molar-refractivity contribution in [2.45, 2.75) is 64.1 Å². The first-order valence-corrected chi connectivity index (χ1v) is 5.29. The smallest absolute Gasteiger partial charge is 0.335 e. The summed E-state index contributed by atoms with van der Waals surface area (Å²) in [5.74, 6) is -0.799. The molecule has 0 bridgehead atoms. The van der Waals surface area contributed by atoms with Crippen LogP contribution in [0.3, 0.4) is 0 Å². The normalized spacial score (nSPS) is 21.9. The Hall–Kier alpha value is -0.570. The van der Waals surface area contributed by atoms with Gasteiger partial charge in [0.05, 0.1) is 5.60 Å². The molecule has 1 fully saturated rings. The summed E-state index contributed by atoms with van der Waals surface area (Å²) >= 11 is 0. The largest absolute Gasteiger partial charge is 0.479 e. The Labute approximate surface area is 85.5 Å². The predicted molar refractivity (Wildman–Crippen MR) is 54.3 cm³/mol. The van der Waals surface area contributed by atoms with E-state index in [-0.39, 0.29) is 5.60 Å². The molecule has 1 aliphatic carbocycles. The Morgan fingerprint density at radius 2 is 1.71 bits per heavy atom. The molecular formula is C11H20O3. The van der Waals surface area contributed by atoms with Gasteiger partial charge in [0, 0.05) is 0 Å². The number of carbonyl (C=O) groups is 1. The first-order chi connectivity index (χ1) is 6.36. The Morgan fingerprint density at radius 3 is 2.07 bits per heavy atom. The third-order valence-corrected chi connectivity index (χ3v) is 2.55. The molecule has 3 nitrogen and oxygen atoms in total. The summed E-state index contributed by atoms with van der Waals surface area (Å²) < 4.78 is 5.73. The van der Waals surface area contributed by atoms with Crippen LogP contribution in [0.1, 0.15) is 52.9 Å². The van der Waals surface area contributed by atoms with Crippen LogP contribution < -0.4 is 0 Å². The van der Waals surface area contributed by atoms with E-state index in [1.165, 1.54) is 0 Å². The molecule has 0 aliphatic heterocycles. The molecule has 0 heterocycles. The molecule has 0 spiro atoms. The van der Waals surface area contributed by atoms with Gasteiger partial charge in [-0.3, -0.25) is 0 Å². The quantitative estimate of drug-likeness (QED) is 0.745. The van der Waals surface area contributed by atoms with Crippen molar-refractivity contribution < 1.29 is 14.6 Å². The Bertz CT molecular complexity index is 209. The fraction of sp³-hybridized carbons (Fsp3) is 0.909. The van der Waals surface area contributed by atoms with Crippen LogP contribution in [0.5, 0.6) is 0 Å². The van der Waals surface area contributed by atoms with Gasteiger partial charge in [0.1, 0.15) is 0 Å². The van der Waals surface area contributed by atoms with Crippen molar-refractivity contribution in [2.24, 2.45) is 0 Å². The van der Waals surface area contributed by atoms with Crippen molar-refractivity contribution in [3.8, 4) is 0 Å². The van der Waals surface area contributed by atoms with E-state index in [9.17, 15) is 9.90 Å². The van der Waals surface area contributed by atoms with Crippen molar-refractivity contribution in [1.82, 2.24) is 0 Å². The average Bonchev–Trinajstić information content (AvgIpc) is 2.02. The first kappa shape index (κ1) is 11.5. The number of hydrogen-bond donors (Lipinski definition) is 1. The molecular weight excluding hydrogens is 180 g/mol. The fourth-order valence-corrected chi connectivity index (χ4v) is 2.07. The summed E-state index contributed by atoms with van der Waals surface area (Å²) in [6.45, 7) is 5.73. The molecule has 0 aromatic heterocycles. The van der Waals surface area contributed by atoms with Crippen LogP contribution in [0, 0.1) is 0 Å². The van der Waals surface area contributed by atoms with E-state index in [1.807, 2.05) is 20.8 Å². The van der Waals surface area contributed by atoms with Crippen molar-refractivity contribution in [3.63, 3.8) is 0 Å². The fourth-order valence-electron chi connectivity index (χ4n) is 2.07. The Morgan fingerprint density at radius 1 is 1.21 bits per heavy atom. The molecule has 0 aromatic rings. The molecule has 0 unspecified atom stereocenters. The van der Waals surface area contributed by atoms with Crippen LogP contribution in [0.15, 0.2) is 0 Å². The topological polar surface area (TPSA) is 46.5 Å². The van der Waals surface area contributed by atoms with E-state index < -0.39 is 11.6 Å². The van der Waals surface area contributed by atoms with Crippen LogP contribution in [-0.2, 0) is 9.53 Å². The van der Waals surface area contributed by atoms with Gasteiger partial charge in [-0.05, 0) is 46.5 Å². The van der Waals surface area contributed by atoms with Crippen molar-refractivity contribution in [1.29, 1.82) is 0 Å². The van der Waals surface area contributed by atoms with Gasteiger partial charge in [-0.25, -0.2) is 4.79 Å². The van der Waals surface area contributed by atoms with Gasteiger partial charge in [0.25, 0.3) is 0 Å². The summed E-state index contributed by atoms with van der Waals surface area (Å²) in [6.07, 6.45) is 4.35. The molecule has 0 saturated heterocycles. The second kappa shape index (κ2) is 3.89. The SMILES string of the molecule is CC(C)(C)OC1(C(=O)O)CCCCC1. The number of aliphatic carboxylic acids is 1. The van der Waals surface area contributed by atoms with Gasteiger partial charge >= 0.3 is 5.97 Å². The van der Waals surface area contributed by atoms with E-state index >= 15 is 0 Å². The minimum Gasteiger partial charge on any atom is -0.479 e. The van der Waals surface area contributed by atoms with Gasteiger partial charge < -0.3 is 9.84 Å². The highest BCUT2D eigenvalue weighted by atomic mass is 16.5. The molecule has 1 aliphatic rings. The summed E-state index contributed by atoms with van der Waals surface area (Å²) in [5.41, 5.74) is -1.30. The minimum absolute atomic E-state index is 0.379. The van der Waals surface area contributed by atoms with E-state index in [0.29, 0.717) is 12.8 Å². The molecule has 0 radical (unpaired) electrons. The summed E-state index contributed by atoms with van der Waals surface area (Å²) in [5, 5.41) is 9.23. The predicted octanol–water partition coefficient (Wildman–Crippen LogP) is 2.59. The summed E-state index contributed by atoms with van der Waals surface area (Å²) in [7, 11) is 0. The van der Waals surface area contributed by atoms with Gasteiger partial charge in [0.15, 0.2) is 5.60 Å². The van der Waals surface area contributed by atoms with Crippen LogP contribution in [0.2, 0.25) is 0 Å². The monoisotopic (exact) mass is 200 g/mol. The zero-order valence-electron chi connectivity index (χ0n) is 9.30. The van der Waals surface area contributed by atoms with Crippen LogP contribution in [-0.4, -0.2) is 22.3 Å². The number of rotatable bonds is 2. The zero-order chi connectivity index (χ0) is 10.8. The Kier molecular flexibility index (Phi) is 3.20. The summed E-state index contributed by atoms with van der Waals surface area (Å²) in [4.78, 5) is 11.2. The molecule has 3 heteroatoms. The maximum absolute atomic E-state index is 11.2. The lowest BCUT2D eigenvalue weighted by Crippen LogP contribution is -2.48. The number of ether oxygens (including phenoxy) is 1. The lowest BCUT2D eigenvalue weighted by atomic mass is 9.84. The van der Waals surface area contributed by atoms with Crippen molar-refractivity contribution in [2.75, 3.05) is 0 Å². The van der Waals surface area contributed by atoms with E-state index in [4.69, 9.17) is 4.74 Å². The van der Waals surface area contributed by atoms with E-state index in [0.717, 1.165) is 19.3 Å². The lowest BCUT2D eigenvalue weighted by molar-refractivity contribution is -0.191. The van der Waals surface area contributed by atoms with Crippen LogP contribution in [0.25, 0.3) is 0 Å². The van der Waals surface area contributed by atoms with E-state index in [1.54, 1.807) is 0 Å². The molecule has 1 N–H and O–H groups in total. The molecule has 82 valence electrons. The number of hydrogen-bond acceptors (Lipinski definition) is 2. The standard InChI is InChI=1S/C11H20O3/c1-10(2,3)14-11(9(12)13)7-5-4-6-8-11/h4-8H2,1-3H3,(H,12,13). The lowest BCUT2D eigenvalue weighted by Gasteiger charge is -2.38. The molecule has 0 aromatic carbocycles. The highest BCUT2D eigenvalue weighted by Gasteiger charge is 2.43. The molecule has 14 heavy (non-hydrogen) atoms. The molecule has 1 saturated carbocycles. The van der Waals surface area contributed by atoms with E-state index in [2.05, 4.69) is 0 Å². The average molecular weight is 200 g/mol. The van der Waals surface area contributed by atoms with Crippen LogP contribution >= 0.6 is 0 Å². The molecule has 0 atom stereocenters.